The van der Waals surface area contributed by atoms with E-state index < -0.39 is 0 Å². The largest absolute Gasteiger partial charge is 0.493 e. The Morgan fingerprint density at radius 1 is 1.43 bits per heavy atom. The highest BCUT2D eigenvalue weighted by Gasteiger charge is 2.62. The Balaban J connectivity index is 1.64. The quantitative estimate of drug-likeness (QED) is 0.597. The SMILES string of the molecule is CCCCNC(=S)O[C@H]1C[C@@H]2Oc3c(OC)ccc4c3[C@]2(CCN(C)C4)C1C. The molecule has 28 heavy (non-hydrogen) atoms. The Labute approximate surface area is 173 Å². The molecule has 4 atom stereocenters. The molecule has 0 aromatic heterocycles. The first-order chi connectivity index (χ1) is 13.5. The molecule has 3 aliphatic rings. The maximum absolute atomic E-state index is 6.55. The standard InChI is InChI=1S/C22H32N2O3S/c1-5-6-10-23-21(28)26-17-12-18-22(14(17)2)9-11-24(3)13-15-7-8-16(25-4)20(27-18)19(15)22/h7-8,14,17-18H,5-6,9-13H2,1-4H3,(H,23,28)/t14?,17-,18-,22+/m0/s1. The van der Waals surface area contributed by atoms with E-state index in [1.54, 1.807) is 7.11 Å². The fourth-order valence-corrected chi connectivity index (χ4v) is 5.64. The highest BCUT2D eigenvalue weighted by Crippen LogP contribution is 2.61. The minimum absolute atomic E-state index is 0.0341. The number of ether oxygens (including phenoxy) is 3. The minimum Gasteiger partial charge on any atom is -0.493 e. The summed E-state index contributed by atoms with van der Waals surface area (Å²) < 4.78 is 18.4. The molecule has 2 heterocycles. The van der Waals surface area contributed by atoms with Crippen molar-refractivity contribution in [2.24, 2.45) is 5.92 Å². The Hall–Kier alpha value is -1.53. The fraction of sp³-hybridized carbons (Fsp3) is 0.682. The van der Waals surface area contributed by atoms with Crippen LogP contribution in [0.25, 0.3) is 0 Å². The number of thiocarbonyl (C=S) groups is 1. The van der Waals surface area contributed by atoms with Gasteiger partial charge in [0, 0.05) is 36.4 Å². The number of rotatable bonds is 5. The van der Waals surface area contributed by atoms with E-state index in [0.717, 1.165) is 56.8 Å². The van der Waals surface area contributed by atoms with Crippen LogP contribution < -0.4 is 14.8 Å². The number of unbranched alkanes of at least 4 members (excludes halogenated alkanes) is 1. The van der Waals surface area contributed by atoms with Crippen LogP contribution in [0.15, 0.2) is 12.1 Å². The number of hydrogen-bond acceptors (Lipinski definition) is 5. The van der Waals surface area contributed by atoms with Crippen LogP contribution in [0, 0.1) is 5.92 Å². The third-order valence-corrected chi connectivity index (χ3v) is 7.19. The van der Waals surface area contributed by atoms with E-state index in [1.165, 1.54) is 11.1 Å². The van der Waals surface area contributed by atoms with E-state index in [1.807, 2.05) is 6.07 Å². The Kier molecular flexibility index (Phi) is 5.45. The average Bonchev–Trinajstić information content (AvgIpc) is 3.06. The monoisotopic (exact) mass is 404 g/mol. The predicted octanol–water partition coefficient (Wildman–Crippen LogP) is 3.63. The summed E-state index contributed by atoms with van der Waals surface area (Å²) in [6, 6.07) is 4.26. The van der Waals surface area contributed by atoms with Crippen LogP contribution in [0.5, 0.6) is 11.5 Å². The molecule has 1 aromatic rings. The fourth-order valence-electron chi connectivity index (χ4n) is 5.41. The molecule has 2 aliphatic heterocycles. The van der Waals surface area contributed by atoms with Crippen molar-refractivity contribution in [2.75, 3.05) is 27.2 Å². The van der Waals surface area contributed by atoms with Gasteiger partial charge < -0.3 is 24.4 Å². The van der Waals surface area contributed by atoms with Crippen molar-refractivity contribution in [1.82, 2.24) is 10.2 Å². The summed E-state index contributed by atoms with van der Waals surface area (Å²) in [6.45, 7) is 7.35. The van der Waals surface area contributed by atoms with Crippen LogP contribution in [0.3, 0.4) is 0 Å². The second kappa shape index (κ2) is 7.71. The molecule has 0 saturated heterocycles. The van der Waals surface area contributed by atoms with Gasteiger partial charge in [0.25, 0.3) is 5.17 Å². The van der Waals surface area contributed by atoms with Crippen LogP contribution in [-0.4, -0.2) is 49.5 Å². The summed E-state index contributed by atoms with van der Waals surface area (Å²) in [6.07, 6.45) is 4.35. The number of benzene rings is 1. The maximum atomic E-state index is 6.55. The lowest BCUT2D eigenvalue weighted by Crippen LogP contribution is -2.41. The molecular formula is C22H32N2O3S. The highest BCUT2D eigenvalue weighted by molar-refractivity contribution is 7.80. The van der Waals surface area contributed by atoms with Crippen molar-refractivity contribution in [3.63, 3.8) is 0 Å². The van der Waals surface area contributed by atoms with Crippen molar-refractivity contribution in [3.8, 4) is 11.5 Å². The highest BCUT2D eigenvalue weighted by atomic mass is 32.1. The number of methoxy groups -OCH3 is 1. The van der Waals surface area contributed by atoms with Gasteiger partial charge in [-0.3, -0.25) is 0 Å². The van der Waals surface area contributed by atoms with Crippen molar-refractivity contribution < 1.29 is 14.2 Å². The molecule has 1 saturated carbocycles. The molecule has 1 fully saturated rings. The predicted molar refractivity (Wildman–Crippen MR) is 114 cm³/mol. The molecule has 1 aliphatic carbocycles. The van der Waals surface area contributed by atoms with Gasteiger partial charge in [-0.05, 0) is 50.3 Å². The molecule has 154 valence electrons. The van der Waals surface area contributed by atoms with Gasteiger partial charge in [-0.15, -0.1) is 0 Å². The van der Waals surface area contributed by atoms with Gasteiger partial charge in [0.15, 0.2) is 11.5 Å². The van der Waals surface area contributed by atoms with E-state index in [2.05, 4.69) is 37.2 Å². The molecule has 1 spiro atoms. The second-order valence-corrected chi connectivity index (χ2v) is 8.88. The van der Waals surface area contributed by atoms with Gasteiger partial charge in [0.2, 0.25) is 0 Å². The molecule has 6 heteroatoms. The van der Waals surface area contributed by atoms with Crippen molar-refractivity contribution in [2.45, 2.75) is 63.7 Å². The van der Waals surface area contributed by atoms with Gasteiger partial charge in [-0.25, -0.2) is 0 Å². The number of nitrogens with one attached hydrogen (secondary N) is 1. The van der Waals surface area contributed by atoms with Crippen LogP contribution in [0.1, 0.15) is 50.7 Å². The first-order valence-electron chi connectivity index (χ1n) is 10.5. The van der Waals surface area contributed by atoms with Crippen molar-refractivity contribution >= 4 is 17.4 Å². The van der Waals surface area contributed by atoms with Gasteiger partial charge >= 0.3 is 0 Å². The summed E-state index contributed by atoms with van der Waals surface area (Å²) in [4.78, 5) is 2.41. The third-order valence-electron chi connectivity index (χ3n) is 6.95. The summed E-state index contributed by atoms with van der Waals surface area (Å²) >= 11 is 5.46. The zero-order valence-corrected chi connectivity index (χ0v) is 18.2. The van der Waals surface area contributed by atoms with Gasteiger partial charge in [-0.1, -0.05) is 26.3 Å². The molecule has 0 radical (unpaired) electrons. The zero-order chi connectivity index (χ0) is 19.9. The normalized spacial score (nSPS) is 30.8. The van der Waals surface area contributed by atoms with E-state index in [4.69, 9.17) is 26.4 Å². The molecule has 5 nitrogen and oxygen atoms in total. The van der Waals surface area contributed by atoms with Crippen molar-refractivity contribution in [3.05, 3.63) is 23.3 Å². The summed E-state index contributed by atoms with van der Waals surface area (Å²) in [5, 5.41) is 3.78. The second-order valence-electron chi connectivity index (χ2n) is 8.51. The molecule has 0 amide bonds. The summed E-state index contributed by atoms with van der Waals surface area (Å²) in [7, 11) is 3.92. The molecule has 1 unspecified atom stereocenters. The summed E-state index contributed by atoms with van der Waals surface area (Å²) in [5.74, 6) is 2.12. The Morgan fingerprint density at radius 3 is 3.00 bits per heavy atom. The number of nitrogens with zero attached hydrogens (tertiary/aromatic N) is 1. The van der Waals surface area contributed by atoms with Gasteiger partial charge in [0.05, 0.1) is 7.11 Å². The maximum Gasteiger partial charge on any atom is 0.256 e. The average molecular weight is 405 g/mol. The van der Waals surface area contributed by atoms with Crippen LogP contribution in [0.4, 0.5) is 0 Å². The zero-order valence-electron chi connectivity index (χ0n) is 17.4. The molecule has 0 bridgehead atoms. The third kappa shape index (κ3) is 3.05. The first-order valence-corrected chi connectivity index (χ1v) is 10.9. The first kappa shape index (κ1) is 19.8. The van der Waals surface area contributed by atoms with E-state index >= 15 is 0 Å². The number of hydrogen-bond donors (Lipinski definition) is 1. The van der Waals surface area contributed by atoms with E-state index in [9.17, 15) is 0 Å². The minimum atomic E-state index is -0.0341. The summed E-state index contributed by atoms with van der Waals surface area (Å²) in [5.41, 5.74) is 2.67. The van der Waals surface area contributed by atoms with E-state index in [0.29, 0.717) is 11.1 Å². The van der Waals surface area contributed by atoms with E-state index in [-0.39, 0.29) is 17.6 Å². The lowest BCUT2D eigenvalue weighted by Gasteiger charge is -2.34. The topological polar surface area (TPSA) is 43.0 Å². The molecular weight excluding hydrogens is 372 g/mol. The molecule has 4 rings (SSSR count). The molecule has 1 aromatic carbocycles. The van der Waals surface area contributed by atoms with Crippen LogP contribution in [0.2, 0.25) is 0 Å². The van der Waals surface area contributed by atoms with Gasteiger partial charge in [-0.2, -0.15) is 0 Å². The Morgan fingerprint density at radius 2 is 2.25 bits per heavy atom. The lowest BCUT2D eigenvalue weighted by molar-refractivity contribution is 0.120. The Bertz CT molecular complexity index is 756. The smallest absolute Gasteiger partial charge is 0.256 e. The lowest BCUT2D eigenvalue weighted by atomic mass is 9.69. The van der Waals surface area contributed by atoms with Crippen molar-refractivity contribution in [1.29, 1.82) is 0 Å². The van der Waals surface area contributed by atoms with Gasteiger partial charge in [0.1, 0.15) is 12.2 Å². The van der Waals surface area contributed by atoms with Crippen LogP contribution in [-0.2, 0) is 16.7 Å². The molecule has 1 N–H and O–H groups in total. The van der Waals surface area contributed by atoms with Crippen LogP contribution >= 0.6 is 12.2 Å².